The van der Waals surface area contributed by atoms with Crippen LogP contribution < -0.4 is 19.9 Å². The second-order valence-electron chi connectivity index (χ2n) is 3.94. The Bertz CT molecular complexity index is 493. The monoisotopic (exact) mass is 348 g/mol. The van der Waals surface area contributed by atoms with E-state index >= 15 is 0 Å². The summed E-state index contributed by atoms with van der Waals surface area (Å²) in [5, 5.41) is 7.39. The Kier molecular flexibility index (Phi) is 9.92. The number of nitrogens with zero attached hydrogens (tertiary/aromatic N) is 1. The Morgan fingerprint density at radius 1 is 1.23 bits per heavy atom. The van der Waals surface area contributed by atoms with E-state index in [1.54, 1.807) is 51.4 Å². The summed E-state index contributed by atoms with van der Waals surface area (Å²) in [7, 11) is 6.70. The summed E-state index contributed by atoms with van der Waals surface area (Å²) >= 11 is 8.97. The standard InChI is InChI=1S/C12H17NO4S.CH3NOS/c1-13(2)12(18)17-11-9(15-4)6-5-7-10(11)16-8-14-3;2-1(3)4/h5-7H,8H2,1-4H3;(H3,2,3,4). The number of para-hydroxylation sites is 1. The predicted molar refractivity (Wildman–Crippen MR) is 91.8 cm³/mol. The number of benzene rings is 1. The number of hydrogen-bond acceptors (Lipinski definition) is 6. The van der Waals surface area contributed by atoms with E-state index in [1.807, 2.05) is 0 Å². The third kappa shape index (κ3) is 7.81. The number of methoxy groups -OCH3 is 2. The molecular weight excluding hydrogens is 328 g/mol. The highest BCUT2D eigenvalue weighted by Gasteiger charge is 2.15. The molecule has 1 aromatic carbocycles. The average Bonchev–Trinajstić information content (AvgIpc) is 2.45. The first kappa shape index (κ1) is 20.2. The van der Waals surface area contributed by atoms with Gasteiger partial charge in [-0.15, -0.1) is 0 Å². The van der Waals surface area contributed by atoms with Crippen LogP contribution in [0.15, 0.2) is 18.2 Å². The van der Waals surface area contributed by atoms with Gasteiger partial charge in [-0.25, -0.2) is 0 Å². The first-order chi connectivity index (χ1) is 10.3. The molecule has 0 heterocycles. The van der Waals surface area contributed by atoms with Gasteiger partial charge in [0.2, 0.25) is 5.75 Å². The van der Waals surface area contributed by atoms with Crippen molar-refractivity contribution in [2.75, 3.05) is 35.1 Å². The summed E-state index contributed by atoms with van der Waals surface area (Å²) in [6.45, 7) is 0.123. The lowest BCUT2D eigenvalue weighted by atomic mass is 10.3. The van der Waals surface area contributed by atoms with E-state index in [9.17, 15) is 0 Å². The molecule has 22 heavy (non-hydrogen) atoms. The van der Waals surface area contributed by atoms with Crippen molar-refractivity contribution in [3.05, 3.63) is 18.2 Å². The van der Waals surface area contributed by atoms with Crippen molar-refractivity contribution in [3.8, 4) is 17.2 Å². The zero-order valence-electron chi connectivity index (χ0n) is 12.9. The number of hydrogen-bond donors (Lipinski definition) is 2. The van der Waals surface area contributed by atoms with Crippen LogP contribution >= 0.6 is 24.4 Å². The van der Waals surface area contributed by atoms with Gasteiger partial charge in [0, 0.05) is 21.2 Å². The summed E-state index contributed by atoms with van der Waals surface area (Å²) in [5.74, 6) is 1.50. The summed E-state index contributed by atoms with van der Waals surface area (Å²) < 4.78 is 21.1. The highest BCUT2D eigenvalue weighted by molar-refractivity contribution is 7.80. The highest BCUT2D eigenvalue weighted by Crippen LogP contribution is 2.37. The van der Waals surface area contributed by atoms with E-state index in [4.69, 9.17) is 36.3 Å². The molecular formula is C13H20N2O5S2. The molecule has 0 amide bonds. The van der Waals surface area contributed by atoms with Crippen molar-refractivity contribution in [1.82, 2.24) is 4.90 Å². The van der Waals surface area contributed by atoms with Crippen LogP contribution in [0.2, 0.25) is 0 Å². The third-order valence-corrected chi connectivity index (χ3v) is 2.50. The third-order valence-electron chi connectivity index (χ3n) is 2.05. The predicted octanol–water partition coefficient (Wildman–Crippen LogP) is 1.69. The van der Waals surface area contributed by atoms with E-state index in [0.717, 1.165) is 0 Å². The van der Waals surface area contributed by atoms with E-state index in [2.05, 4.69) is 18.0 Å². The van der Waals surface area contributed by atoms with Gasteiger partial charge in [0.05, 0.1) is 7.11 Å². The Labute approximate surface area is 140 Å². The van der Waals surface area contributed by atoms with Crippen LogP contribution in [0.5, 0.6) is 17.2 Å². The summed E-state index contributed by atoms with van der Waals surface area (Å²) in [5.41, 5.74) is 4.40. The molecule has 0 aromatic heterocycles. The van der Waals surface area contributed by atoms with E-state index in [-0.39, 0.29) is 6.79 Å². The summed E-state index contributed by atoms with van der Waals surface area (Å²) in [6.07, 6.45) is 0. The van der Waals surface area contributed by atoms with Crippen LogP contribution in [-0.2, 0) is 4.74 Å². The van der Waals surface area contributed by atoms with Crippen LogP contribution in [0.4, 0.5) is 0 Å². The van der Waals surface area contributed by atoms with Gasteiger partial charge < -0.3 is 34.7 Å². The molecule has 0 radical (unpaired) electrons. The number of nitrogens with two attached hydrogens (primary N) is 1. The van der Waals surface area contributed by atoms with Crippen LogP contribution in [0.25, 0.3) is 0 Å². The van der Waals surface area contributed by atoms with Crippen molar-refractivity contribution in [2.24, 2.45) is 5.73 Å². The van der Waals surface area contributed by atoms with Gasteiger partial charge in [-0.1, -0.05) is 6.07 Å². The Morgan fingerprint density at radius 3 is 2.23 bits per heavy atom. The fourth-order valence-corrected chi connectivity index (χ4v) is 1.26. The minimum atomic E-state index is -0.500. The molecule has 1 rings (SSSR count). The first-order valence-corrected chi connectivity index (χ1v) is 6.81. The molecule has 0 fully saturated rings. The van der Waals surface area contributed by atoms with Crippen molar-refractivity contribution in [2.45, 2.75) is 0 Å². The molecule has 1 aromatic rings. The average molecular weight is 348 g/mol. The highest BCUT2D eigenvalue weighted by atomic mass is 32.1. The topological polar surface area (TPSA) is 86.4 Å². The van der Waals surface area contributed by atoms with Gasteiger partial charge in [-0.2, -0.15) is 0 Å². The summed E-state index contributed by atoms with van der Waals surface area (Å²) in [6, 6.07) is 5.33. The first-order valence-electron chi connectivity index (χ1n) is 5.99. The molecule has 9 heteroatoms. The van der Waals surface area contributed by atoms with Gasteiger partial charge in [0.25, 0.3) is 10.3 Å². The fourth-order valence-electron chi connectivity index (χ4n) is 1.17. The maximum Gasteiger partial charge on any atom is 0.264 e. The van der Waals surface area contributed by atoms with Crippen molar-refractivity contribution >= 4 is 34.8 Å². The Morgan fingerprint density at radius 2 is 1.77 bits per heavy atom. The minimum absolute atomic E-state index is 0.123. The second kappa shape index (κ2) is 10.8. The van der Waals surface area contributed by atoms with E-state index < -0.39 is 5.17 Å². The number of rotatable bonds is 5. The molecule has 0 bridgehead atoms. The molecule has 0 aliphatic rings. The van der Waals surface area contributed by atoms with Gasteiger partial charge >= 0.3 is 0 Å². The van der Waals surface area contributed by atoms with E-state index in [1.165, 1.54) is 0 Å². The molecule has 0 aliphatic carbocycles. The zero-order chi connectivity index (χ0) is 17.1. The van der Waals surface area contributed by atoms with Crippen molar-refractivity contribution in [3.63, 3.8) is 0 Å². The lowest BCUT2D eigenvalue weighted by Crippen LogP contribution is -2.25. The molecule has 124 valence electrons. The molecule has 0 atom stereocenters. The smallest absolute Gasteiger partial charge is 0.264 e. The molecule has 0 saturated carbocycles. The van der Waals surface area contributed by atoms with Gasteiger partial charge in [-0.05, 0) is 36.6 Å². The van der Waals surface area contributed by atoms with Crippen LogP contribution in [0, 0.1) is 0 Å². The molecule has 0 aliphatic heterocycles. The molecule has 0 saturated heterocycles. The van der Waals surface area contributed by atoms with E-state index in [0.29, 0.717) is 22.4 Å². The van der Waals surface area contributed by atoms with Crippen LogP contribution in [-0.4, -0.2) is 55.5 Å². The number of thiocarbonyl (C=S) groups is 2. The fraction of sp³-hybridized carbons (Fsp3) is 0.385. The summed E-state index contributed by atoms with van der Waals surface area (Å²) in [4.78, 5) is 1.68. The largest absolute Gasteiger partial charge is 0.493 e. The Hall–Kier alpha value is -1.84. The lowest BCUT2D eigenvalue weighted by Gasteiger charge is -2.18. The van der Waals surface area contributed by atoms with Crippen molar-refractivity contribution < 1.29 is 24.1 Å². The normalized spacial score (nSPS) is 9.09. The lowest BCUT2D eigenvalue weighted by molar-refractivity contribution is 0.0494. The maximum absolute atomic E-state index is 7.56. The molecule has 0 spiro atoms. The van der Waals surface area contributed by atoms with Gasteiger partial charge in [-0.3, -0.25) is 0 Å². The molecule has 0 unspecified atom stereocenters. The van der Waals surface area contributed by atoms with Gasteiger partial charge in [0.1, 0.15) is 0 Å². The minimum Gasteiger partial charge on any atom is -0.493 e. The number of aliphatic hydroxyl groups is 1. The second-order valence-corrected chi connectivity index (χ2v) is 4.71. The Balaban J connectivity index is 0.000000980. The molecule has 3 N–H and O–H groups in total. The quantitative estimate of drug-likeness (QED) is 0.610. The van der Waals surface area contributed by atoms with Crippen LogP contribution in [0.3, 0.4) is 0 Å². The number of ether oxygens (including phenoxy) is 4. The van der Waals surface area contributed by atoms with Crippen LogP contribution in [0.1, 0.15) is 0 Å². The maximum atomic E-state index is 7.56. The zero-order valence-corrected chi connectivity index (χ0v) is 14.5. The van der Waals surface area contributed by atoms with Crippen molar-refractivity contribution in [1.29, 1.82) is 0 Å². The number of aliphatic hydroxyl groups excluding tert-OH is 1. The molecule has 7 nitrogen and oxygen atoms in total. The van der Waals surface area contributed by atoms with Gasteiger partial charge in [0.15, 0.2) is 18.3 Å². The SMILES string of the molecule is COCOc1cccc(OC)c1OC(=S)N(C)C.NC(O)=S.